The van der Waals surface area contributed by atoms with Crippen molar-refractivity contribution in [3.05, 3.63) is 94.0 Å². The Bertz CT molecular complexity index is 1370. The maximum absolute atomic E-state index is 13.5. The molecule has 0 unspecified atom stereocenters. The second kappa shape index (κ2) is 7.87. The van der Waals surface area contributed by atoms with Gasteiger partial charge in [-0.25, -0.2) is 9.37 Å². The van der Waals surface area contributed by atoms with E-state index in [1.54, 1.807) is 24.4 Å². The second-order valence-electron chi connectivity index (χ2n) is 6.65. The van der Waals surface area contributed by atoms with Crippen LogP contribution in [-0.4, -0.2) is 11.2 Å². The molecule has 0 N–H and O–H groups in total. The SMILES string of the molecule is Fc1cccc(-c2nc3cc(N=Cc4ccc(-c5ccc(I)cc5)o4)ccc3o2)c1. The summed E-state index contributed by atoms with van der Waals surface area (Å²) in [5, 5.41) is 0. The summed E-state index contributed by atoms with van der Waals surface area (Å²) in [6.45, 7) is 0. The molecule has 0 radical (unpaired) electrons. The predicted molar refractivity (Wildman–Crippen MR) is 124 cm³/mol. The standard InChI is InChI=1S/C24H14FIN2O2/c25-17-3-1-2-16(12-17)24-28-21-13-19(8-10-23(21)30-24)27-14-20-9-11-22(29-20)15-4-6-18(26)7-5-15/h1-14H. The average molecular weight is 508 g/mol. The molecule has 0 saturated carbocycles. The molecule has 0 amide bonds. The molecule has 3 aromatic carbocycles. The van der Waals surface area contributed by atoms with Crippen LogP contribution in [0.4, 0.5) is 10.1 Å². The van der Waals surface area contributed by atoms with E-state index >= 15 is 0 Å². The summed E-state index contributed by atoms with van der Waals surface area (Å²) in [6, 6.07) is 23.6. The van der Waals surface area contributed by atoms with Crippen LogP contribution in [0.1, 0.15) is 5.76 Å². The van der Waals surface area contributed by atoms with Crippen molar-refractivity contribution in [1.82, 2.24) is 4.98 Å². The van der Waals surface area contributed by atoms with Crippen LogP contribution in [0.2, 0.25) is 0 Å². The first-order chi connectivity index (χ1) is 14.6. The Labute approximate surface area is 185 Å². The molecule has 0 fully saturated rings. The van der Waals surface area contributed by atoms with Crippen LogP contribution < -0.4 is 0 Å². The molecule has 0 aliphatic carbocycles. The van der Waals surface area contributed by atoms with Crippen LogP contribution in [0.3, 0.4) is 0 Å². The monoisotopic (exact) mass is 508 g/mol. The Balaban J connectivity index is 1.39. The Morgan fingerprint density at radius 2 is 1.73 bits per heavy atom. The van der Waals surface area contributed by atoms with E-state index in [9.17, 15) is 4.39 Å². The van der Waals surface area contributed by atoms with Crippen molar-refractivity contribution in [3.63, 3.8) is 0 Å². The third-order valence-electron chi connectivity index (χ3n) is 4.54. The number of halogens is 2. The van der Waals surface area contributed by atoms with Gasteiger partial charge in [-0.1, -0.05) is 18.2 Å². The smallest absolute Gasteiger partial charge is 0.227 e. The number of hydrogen-bond acceptors (Lipinski definition) is 4. The summed E-state index contributed by atoms with van der Waals surface area (Å²) in [5.74, 6) is 1.49. The maximum atomic E-state index is 13.5. The molecule has 4 nitrogen and oxygen atoms in total. The van der Waals surface area contributed by atoms with Gasteiger partial charge in [0.1, 0.15) is 22.9 Å². The van der Waals surface area contributed by atoms with Gasteiger partial charge in [0, 0.05) is 14.7 Å². The fourth-order valence-electron chi connectivity index (χ4n) is 3.07. The molecule has 2 heterocycles. The predicted octanol–water partition coefficient (Wildman–Crippen LogP) is 7.25. The van der Waals surface area contributed by atoms with Gasteiger partial charge in [-0.3, -0.25) is 4.99 Å². The van der Waals surface area contributed by atoms with Crippen LogP contribution in [0.15, 0.2) is 92.7 Å². The molecule has 0 spiro atoms. The van der Waals surface area contributed by atoms with E-state index in [0.717, 1.165) is 11.3 Å². The minimum Gasteiger partial charge on any atom is -0.455 e. The van der Waals surface area contributed by atoms with Gasteiger partial charge in [-0.15, -0.1) is 0 Å². The van der Waals surface area contributed by atoms with Gasteiger partial charge >= 0.3 is 0 Å². The number of rotatable bonds is 4. The van der Waals surface area contributed by atoms with Crippen LogP contribution >= 0.6 is 22.6 Å². The molecule has 30 heavy (non-hydrogen) atoms. The van der Waals surface area contributed by atoms with E-state index in [1.165, 1.54) is 15.7 Å². The lowest BCUT2D eigenvalue weighted by Gasteiger charge is -1.96. The highest BCUT2D eigenvalue weighted by Crippen LogP contribution is 2.28. The number of nitrogens with zero attached hydrogens (tertiary/aromatic N) is 2. The summed E-state index contributed by atoms with van der Waals surface area (Å²) < 4.78 is 26.2. The van der Waals surface area contributed by atoms with E-state index < -0.39 is 0 Å². The zero-order valence-electron chi connectivity index (χ0n) is 15.5. The molecule has 5 aromatic rings. The first-order valence-electron chi connectivity index (χ1n) is 9.20. The highest BCUT2D eigenvalue weighted by Gasteiger charge is 2.09. The molecular weight excluding hydrogens is 494 g/mol. The molecular formula is C24H14FIN2O2. The number of benzene rings is 3. The van der Waals surface area contributed by atoms with E-state index in [1.807, 2.05) is 48.5 Å². The lowest BCUT2D eigenvalue weighted by atomic mass is 10.2. The van der Waals surface area contributed by atoms with Crippen molar-refractivity contribution in [2.45, 2.75) is 0 Å². The summed E-state index contributed by atoms with van der Waals surface area (Å²) in [6.07, 6.45) is 1.67. The summed E-state index contributed by atoms with van der Waals surface area (Å²) >= 11 is 2.27. The van der Waals surface area contributed by atoms with Gasteiger partial charge in [0.05, 0.1) is 11.9 Å². The third-order valence-corrected chi connectivity index (χ3v) is 5.26. The zero-order valence-corrected chi connectivity index (χ0v) is 17.7. The molecule has 6 heteroatoms. The molecule has 0 saturated heterocycles. The average Bonchev–Trinajstić information content (AvgIpc) is 3.39. The molecule has 0 bridgehead atoms. The van der Waals surface area contributed by atoms with Crippen molar-refractivity contribution in [2.75, 3.05) is 0 Å². The van der Waals surface area contributed by atoms with E-state index in [2.05, 4.69) is 32.6 Å². The van der Waals surface area contributed by atoms with Crippen LogP contribution in [0.25, 0.3) is 33.9 Å². The molecule has 2 aromatic heterocycles. The number of hydrogen-bond donors (Lipinski definition) is 0. The molecule has 0 aliphatic rings. The largest absolute Gasteiger partial charge is 0.455 e. The summed E-state index contributed by atoms with van der Waals surface area (Å²) in [4.78, 5) is 8.94. The molecule has 0 aliphatic heterocycles. The Morgan fingerprint density at radius 1 is 0.867 bits per heavy atom. The topological polar surface area (TPSA) is 51.5 Å². The number of aliphatic imine (C=N–C) groups is 1. The van der Waals surface area contributed by atoms with Gasteiger partial charge in [-0.2, -0.15) is 0 Å². The minimum absolute atomic E-state index is 0.330. The highest BCUT2D eigenvalue weighted by atomic mass is 127. The Kier molecular flexibility index (Phi) is 4.92. The van der Waals surface area contributed by atoms with Crippen molar-refractivity contribution in [3.8, 4) is 22.8 Å². The van der Waals surface area contributed by atoms with E-state index in [4.69, 9.17) is 8.83 Å². The minimum atomic E-state index is -0.330. The van der Waals surface area contributed by atoms with Crippen molar-refractivity contribution >= 4 is 45.6 Å². The zero-order chi connectivity index (χ0) is 20.5. The Hall–Kier alpha value is -3.26. The molecule has 146 valence electrons. The number of oxazole rings is 1. The molecule has 5 rings (SSSR count). The van der Waals surface area contributed by atoms with E-state index in [-0.39, 0.29) is 5.82 Å². The van der Waals surface area contributed by atoms with Crippen LogP contribution in [0, 0.1) is 9.39 Å². The number of fused-ring (bicyclic) bond motifs is 1. The summed E-state index contributed by atoms with van der Waals surface area (Å²) in [7, 11) is 0. The third kappa shape index (κ3) is 3.91. The van der Waals surface area contributed by atoms with Gasteiger partial charge in [0.25, 0.3) is 0 Å². The lowest BCUT2D eigenvalue weighted by Crippen LogP contribution is -1.79. The Morgan fingerprint density at radius 3 is 2.57 bits per heavy atom. The van der Waals surface area contributed by atoms with Gasteiger partial charge in [-0.05, 0) is 83.3 Å². The maximum Gasteiger partial charge on any atom is 0.227 e. The fraction of sp³-hybridized carbons (Fsp3) is 0. The normalized spacial score (nSPS) is 11.5. The quantitative estimate of drug-likeness (QED) is 0.190. The first kappa shape index (κ1) is 18.7. The highest BCUT2D eigenvalue weighted by molar-refractivity contribution is 14.1. The lowest BCUT2D eigenvalue weighted by molar-refractivity contribution is 0.575. The van der Waals surface area contributed by atoms with E-state index in [0.29, 0.717) is 34.0 Å². The van der Waals surface area contributed by atoms with Gasteiger partial charge < -0.3 is 8.83 Å². The molecule has 0 atom stereocenters. The fourth-order valence-corrected chi connectivity index (χ4v) is 3.43. The van der Waals surface area contributed by atoms with Crippen LogP contribution in [0.5, 0.6) is 0 Å². The van der Waals surface area contributed by atoms with Crippen molar-refractivity contribution in [2.24, 2.45) is 4.99 Å². The van der Waals surface area contributed by atoms with Crippen molar-refractivity contribution in [1.29, 1.82) is 0 Å². The number of aromatic nitrogens is 1. The van der Waals surface area contributed by atoms with Gasteiger partial charge in [0.2, 0.25) is 5.89 Å². The summed E-state index contributed by atoms with van der Waals surface area (Å²) in [5.41, 5.74) is 3.60. The van der Waals surface area contributed by atoms with Gasteiger partial charge in [0.15, 0.2) is 5.58 Å². The number of furan rings is 1. The van der Waals surface area contributed by atoms with Crippen molar-refractivity contribution < 1.29 is 13.2 Å². The first-order valence-corrected chi connectivity index (χ1v) is 10.3. The second-order valence-corrected chi connectivity index (χ2v) is 7.89. The van der Waals surface area contributed by atoms with Crippen LogP contribution in [-0.2, 0) is 0 Å².